The molecule has 0 heterocycles. The van der Waals surface area contributed by atoms with Crippen LogP contribution < -0.4 is 16.0 Å². The molecule has 1 amide bonds. The Morgan fingerprint density at radius 3 is 2.81 bits per heavy atom. The molecule has 3 N–H and O–H groups in total. The van der Waals surface area contributed by atoms with Gasteiger partial charge in [-0.05, 0) is 19.2 Å². The first-order valence-electron chi connectivity index (χ1n) is 4.97. The molecular weight excluding hydrogens is 226 g/mol. The first-order chi connectivity index (χ1) is 7.56. The Bertz CT molecular complexity index is 381. The van der Waals surface area contributed by atoms with E-state index in [1.54, 1.807) is 4.90 Å². The van der Waals surface area contributed by atoms with Crippen LogP contribution in [-0.2, 0) is 11.3 Å². The Morgan fingerprint density at radius 1 is 1.56 bits per heavy atom. The number of primary amides is 1. The van der Waals surface area contributed by atoms with Crippen LogP contribution in [0.15, 0.2) is 18.2 Å². The Kier molecular flexibility index (Phi) is 4.58. The molecule has 88 valence electrons. The Labute approximate surface area is 100 Å². The topological polar surface area (TPSA) is 58.4 Å². The van der Waals surface area contributed by atoms with Crippen LogP contribution >= 0.6 is 11.6 Å². The molecule has 16 heavy (non-hydrogen) atoms. The number of hydrogen-bond donors (Lipinski definition) is 2. The fourth-order valence-electron chi connectivity index (χ4n) is 1.58. The number of nitrogens with one attached hydrogen (secondary N) is 1. The molecule has 0 radical (unpaired) electrons. The van der Waals surface area contributed by atoms with E-state index in [0.29, 0.717) is 11.6 Å². The van der Waals surface area contributed by atoms with Gasteiger partial charge < -0.3 is 16.0 Å². The first-order valence-corrected chi connectivity index (χ1v) is 5.35. The third-order valence-corrected chi connectivity index (χ3v) is 2.61. The lowest BCUT2D eigenvalue weighted by Crippen LogP contribution is -2.31. The molecule has 0 atom stereocenters. The number of rotatable bonds is 5. The van der Waals surface area contributed by atoms with Crippen LogP contribution in [0.25, 0.3) is 0 Å². The van der Waals surface area contributed by atoms with Crippen molar-refractivity contribution in [1.82, 2.24) is 5.32 Å². The molecule has 4 nitrogen and oxygen atoms in total. The molecule has 0 aliphatic heterocycles. The number of nitrogens with two attached hydrogens (primary N) is 1. The zero-order valence-corrected chi connectivity index (χ0v) is 10.2. The molecule has 1 aromatic carbocycles. The number of anilines is 1. The van der Waals surface area contributed by atoms with Crippen LogP contribution in [0.5, 0.6) is 0 Å². The van der Waals surface area contributed by atoms with Crippen molar-refractivity contribution >= 4 is 23.2 Å². The molecule has 1 rings (SSSR count). The zero-order chi connectivity index (χ0) is 12.1. The van der Waals surface area contributed by atoms with E-state index in [4.69, 9.17) is 17.3 Å². The predicted octanol–water partition coefficient (Wildman–Crippen LogP) is 0.981. The quantitative estimate of drug-likeness (QED) is 0.808. The summed E-state index contributed by atoms with van der Waals surface area (Å²) in [6.07, 6.45) is 0. The Morgan fingerprint density at radius 2 is 2.25 bits per heavy atom. The molecule has 0 aliphatic carbocycles. The highest BCUT2D eigenvalue weighted by Crippen LogP contribution is 2.26. The van der Waals surface area contributed by atoms with Crippen LogP contribution in [0.4, 0.5) is 5.69 Å². The van der Waals surface area contributed by atoms with Gasteiger partial charge in [0, 0.05) is 29.9 Å². The second-order valence-corrected chi connectivity index (χ2v) is 4.00. The molecule has 0 saturated heterocycles. The lowest BCUT2D eigenvalue weighted by atomic mass is 10.1. The minimum absolute atomic E-state index is 0.178. The van der Waals surface area contributed by atoms with Crippen molar-refractivity contribution < 1.29 is 4.79 Å². The number of benzene rings is 1. The molecule has 0 spiro atoms. The van der Waals surface area contributed by atoms with Crippen LogP contribution in [0.2, 0.25) is 5.02 Å². The molecule has 0 saturated carbocycles. The van der Waals surface area contributed by atoms with Gasteiger partial charge in [-0.2, -0.15) is 0 Å². The number of carbonyl (C=O) groups is 1. The van der Waals surface area contributed by atoms with Gasteiger partial charge >= 0.3 is 0 Å². The van der Waals surface area contributed by atoms with Gasteiger partial charge in [0.2, 0.25) is 5.91 Å². The maximum Gasteiger partial charge on any atom is 0.236 e. The summed E-state index contributed by atoms with van der Waals surface area (Å²) in [5.41, 5.74) is 7.05. The minimum Gasteiger partial charge on any atom is -0.368 e. The Balaban J connectivity index is 3.01. The van der Waals surface area contributed by atoms with E-state index in [2.05, 4.69) is 5.32 Å². The fraction of sp³-hybridized carbons (Fsp3) is 0.364. The van der Waals surface area contributed by atoms with Crippen molar-refractivity contribution in [3.05, 3.63) is 28.8 Å². The lowest BCUT2D eigenvalue weighted by Gasteiger charge is -2.21. The number of nitrogens with zero attached hydrogens (tertiary/aromatic N) is 1. The summed E-state index contributed by atoms with van der Waals surface area (Å²) in [7, 11) is 3.66. The minimum atomic E-state index is -0.363. The highest BCUT2D eigenvalue weighted by atomic mass is 35.5. The average molecular weight is 242 g/mol. The van der Waals surface area contributed by atoms with Crippen molar-refractivity contribution in [3.63, 3.8) is 0 Å². The summed E-state index contributed by atoms with van der Waals surface area (Å²) in [5.74, 6) is -0.363. The predicted molar refractivity (Wildman–Crippen MR) is 66.7 cm³/mol. The van der Waals surface area contributed by atoms with Crippen molar-refractivity contribution in [2.75, 3.05) is 25.5 Å². The van der Waals surface area contributed by atoms with Gasteiger partial charge in [0.1, 0.15) is 0 Å². The van der Waals surface area contributed by atoms with Crippen molar-refractivity contribution in [3.8, 4) is 0 Å². The summed E-state index contributed by atoms with van der Waals surface area (Å²) in [5, 5.41) is 3.73. The van der Waals surface area contributed by atoms with Gasteiger partial charge in [-0.15, -0.1) is 0 Å². The maximum absolute atomic E-state index is 10.9. The van der Waals surface area contributed by atoms with Gasteiger partial charge in [-0.1, -0.05) is 17.7 Å². The van der Waals surface area contributed by atoms with Gasteiger partial charge in [-0.3, -0.25) is 4.79 Å². The van der Waals surface area contributed by atoms with Crippen molar-refractivity contribution in [2.24, 2.45) is 5.73 Å². The molecule has 0 aliphatic rings. The van der Waals surface area contributed by atoms with Gasteiger partial charge in [0.15, 0.2) is 0 Å². The van der Waals surface area contributed by atoms with Gasteiger partial charge in [0.25, 0.3) is 0 Å². The summed E-state index contributed by atoms with van der Waals surface area (Å²) < 4.78 is 0. The van der Waals surface area contributed by atoms with E-state index >= 15 is 0 Å². The van der Waals surface area contributed by atoms with E-state index in [0.717, 1.165) is 11.3 Å². The van der Waals surface area contributed by atoms with Crippen LogP contribution in [0.3, 0.4) is 0 Å². The van der Waals surface area contributed by atoms with Crippen LogP contribution in [0, 0.1) is 0 Å². The van der Waals surface area contributed by atoms with Crippen molar-refractivity contribution in [1.29, 1.82) is 0 Å². The average Bonchev–Trinajstić information content (AvgIpc) is 2.20. The third-order valence-electron chi connectivity index (χ3n) is 2.25. The molecule has 0 fully saturated rings. The van der Waals surface area contributed by atoms with E-state index < -0.39 is 0 Å². The van der Waals surface area contributed by atoms with E-state index in [1.165, 1.54) is 0 Å². The summed E-state index contributed by atoms with van der Waals surface area (Å²) in [6.45, 7) is 0.829. The maximum atomic E-state index is 10.9. The Hall–Kier alpha value is -1.26. The highest BCUT2D eigenvalue weighted by Gasteiger charge is 2.11. The molecule has 5 heteroatoms. The molecule has 0 aromatic heterocycles. The molecule has 0 unspecified atom stereocenters. The van der Waals surface area contributed by atoms with Crippen LogP contribution in [-0.4, -0.2) is 26.5 Å². The lowest BCUT2D eigenvalue weighted by molar-refractivity contribution is -0.116. The second kappa shape index (κ2) is 5.72. The summed E-state index contributed by atoms with van der Waals surface area (Å²) >= 11 is 6.11. The van der Waals surface area contributed by atoms with Crippen molar-refractivity contribution in [2.45, 2.75) is 6.54 Å². The monoisotopic (exact) mass is 241 g/mol. The van der Waals surface area contributed by atoms with E-state index in [-0.39, 0.29) is 12.5 Å². The highest BCUT2D eigenvalue weighted by molar-refractivity contribution is 6.31. The number of amides is 1. The standard InChI is InChI=1S/C11H16ClN3O/c1-14-6-8-9(12)4-3-5-10(8)15(2)7-11(13)16/h3-5,14H,6-7H2,1-2H3,(H2,13,16). The van der Waals surface area contributed by atoms with Gasteiger partial charge in [0.05, 0.1) is 6.54 Å². The SMILES string of the molecule is CNCc1c(Cl)cccc1N(C)CC(N)=O. The van der Waals surface area contributed by atoms with E-state index in [1.807, 2.05) is 32.3 Å². The molecule has 0 bridgehead atoms. The second-order valence-electron chi connectivity index (χ2n) is 3.59. The number of likely N-dealkylation sites (N-methyl/N-ethyl adjacent to an activating group) is 1. The number of halogens is 1. The smallest absolute Gasteiger partial charge is 0.236 e. The zero-order valence-electron chi connectivity index (χ0n) is 9.46. The number of hydrogen-bond acceptors (Lipinski definition) is 3. The normalized spacial score (nSPS) is 10.2. The van der Waals surface area contributed by atoms with Crippen LogP contribution in [0.1, 0.15) is 5.56 Å². The van der Waals surface area contributed by atoms with Gasteiger partial charge in [-0.25, -0.2) is 0 Å². The van der Waals surface area contributed by atoms with E-state index in [9.17, 15) is 4.79 Å². The first kappa shape index (κ1) is 12.8. The third kappa shape index (κ3) is 3.12. The largest absolute Gasteiger partial charge is 0.368 e. The number of carbonyl (C=O) groups excluding carboxylic acids is 1. The summed E-state index contributed by atoms with van der Waals surface area (Å²) in [6, 6.07) is 5.60. The fourth-order valence-corrected chi connectivity index (χ4v) is 1.81. The molecular formula is C11H16ClN3O. The molecule has 1 aromatic rings. The summed E-state index contributed by atoms with van der Waals surface area (Å²) in [4.78, 5) is 12.7.